The highest BCUT2D eigenvalue weighted by Gasteiger charge is 2.24. The molecule has 1 fully saturated rings. The lowest BCUT2D eigenvalue weighted by Gasteiger charge is -2.32. The summed E-state index contributed by atoms with van der Waals surface area (Å²) in [7, 11) is 0. The van der Waals surface area contributed by atoms with Gasteiger partial charge in [-0.05, 0) is 19.1 Å². The predicted molar refractivity (Wildman–Crippen MR) is 79.7 cm³/mol. The number of morpholine rings is 1. The molecule has 1 amide bonds. The van der Waals surface area contributed by atoms with Gasteiger partial charge >= 0.3 is 0 Å². The van der Waals surface area contributed by atoms with Gasteiger partial charge in [-0.2, -0.15) is 0 Å². The molecule has 0 bridgehead atoms. The normalized spacial score (nSPS) is 18.3. The van der Waals surface area contributed by atoms with Crippen LogP contribution in [-0.2, 0) is 9.53 Å². The highest BCUT2D eigenvalue weighted by molar-refractivity contribution is 5.73. The van der Waals surface area contributed by atoms with Crippen LogP contribution in [0.2, 0.25) is 0 Å². The maximum atomic E-state index is 11.5. The molecule has 0 saturated carbocycles. The first-order valence-corrected chi connectivity index (χ1v) is 7.16. The third-order valence-electron chi connectivity index (χ3n) is 3.50. The molecule has 3 heterocycles. The van der Waals surface area contributed by atoms with Crippen molar-refractivity contribution in [1.82, 2.24) is 15.0 Å². The fourth-order valence-electron chi connectivity index (χ4n) is 2.37. The number of amides is 1. The molecule has 1 saturated heterocycles. The van der Waals surface area contributed by atoms with Crippen LogP contribution in [0.1, 0.15) is 24.5 Å². The van der Waals surface area contributed by atoms with E-state index in [9.17, 15) is 4.79 Å². The fraction of sp³-hybridized carbons (Fsp3) is 0.400. The van der Waals surface area contributed by atoms with Gasteiger partial charge in [0.05, 0.1) is 18.8 Å². The average molecular weight is 302 g/mol. The lowest BCUT2D eigenvalue weighted by molar-refractivity contribution is -0.136. The Kier molecular flexibility index (Phi) is 4.06. The van der Waals surface area contributed by atoms with Crippen LogP contribution in [0.4, 0.5) is 11.6 Å². The van der Waals surface area contributed by atoms with Crippen LogP contribution in [-0.4, -0.2) is 40.6 Å². The number of carbonyl (C=O) groups is 1. The Hall–Kier alpha value is -2.41. The summed E-state index contributed by atoms with van der Waals surface area (Å²) in [6.45, 7) is 5.07. The van der Waals surface area contributed by atoms with Crippen molar-refractivity contribution in [2.45, 2.75) is 20.0 Å². The van der Waals surface area contributed by atoms with E-state index in [1.54, 1.807) is 17.9 Å². The minimum Gasteiger partial charge on any atom is -0.368 e. The van der Waals surface area contributed by atoms with Crippen LogP contribution in [0.15, 0.2) is 28.8 Å². The molecular weight excluding hydrogens is 284 g/mol. The number of anilines is 2. The Bertz CT molecular complexity index is 670. The molecule has 1 atom stereocenters. The number of ether oxygens (including phenoxy) is 1. The summed E-state index contributed by atoms with van der Waals surface area (Å²) in [5.74, 6) is 2.05. The molecule has 1 N–H and O–H groups in total. The summed E-state index contributed by atoms with van der Waals surface area (Å²) in [4.78, 5) is 17.8. The monoisotopic (exact) mass is 302 g/mol. The number of aryl methyl sites for hydroxylation is 1. The third kappa shape index (κ3) is 3.25. The standard InChI is InChI=1S/C15H18N4O3/c1-10-8-15(18-22-10)17-14-5-3-4-12(16-14)13-9-19(11(2)20)6-7-21-13/h3-5,8,13H,6-7,9H2,1-2H3,(H,16,17,18)/t13-/m0/s1. The maximum Gasteiger partial charge on any atom is 0.219 e. The van der Waals surface area contributed by atoms with Crippen molar-refractivity contribution in [1.29, 1.82) is 0 Å². The van der Waals surface area contributed by atoms with Crippen molar-refractivity contribution >= 4 is 17.5 Å². The second-order valence-electron chi connectivity index (χ2n) is 5.22. The summed E-state index contributed by atoms with van der Waals surface area (Å²) in [5, 5.41) is 6.96. The van der Waals surface area contributed by atoms with Gasteiger partial charge in [0.25, 0.3) is 0 Å². The summed E-state index contributed by atoms with van der Waals surface area (Å²) < 4.78 is 10.7. The Balaban J connectivity index is 1.74. The molecule has 7 heteroatoms. The molecule has 0 unspecified atom stereocenters. The molecule has 1 aliphatic heterocycles. The molecule has 22 heavy (non-hydrogen) atoms. The first-order chi connectivity index (χ1) is 10.6. The topological polar surface area (TPSA) is 80.5 Å². The molecular formula is C15H18N4O3. The van der Waals surface area contributed by atoms with Crippen molar-refractivity contribution in [2.75, 3.05) is 25.0 Å². The van der Waals surface area contributed by atoms with Gasteiger partial charge in [-0.15, -0.1) is 0 Å². The van der Waals surface area contributed by atoms with E-state index < -0.39 is 0 Å². The minimum absolute atomic E-state index is 0.0562. The number of nitrogens with one attached hydrogen (secondary N) is 1. The number of nitrogens with zero attached hydrogens (tertiary/aromatic N) is 3. The quantitative estimate of drug-likeness (QED) is 0.934. The molecule has 116 valence electrons. The Morgan fingerprint density at radius 2 is 2.27 bits per heavy atom. The molecule has 0 spiro atoms. The average Bonchev–Trinajstić information content (AvgIpc) is 2.93. The number of pyridine rings is 1. The van der Waals surface area contributed by atoms with Gasteiger partial charge in [-0.3, -0.25) is 4.79 Å². The minimum atomic E-state index is -0.210. The van der Waals surface area contributed by atoms with Crippen molar-refractivity contribution in [3.8, 4) is 0 Å². The number of aromatic nitrogens is 2. The summed E-state index contributed by atoms with van der Waals surface area (Å²) in [6, 6.07) is 7.43. The smallest absolute Gasteiger partial charge is 0.219 e. The molecule has 0 aromatic carbocycles. The van der Waals surface area contributed by atoms with E-state index in [1.165, 1.54) is 0 Å². The van der Waals surface area contributed by atoms with Crippen molar-refractivity contribution in [3.63, 3.8) is 0 Å². The van der Waals surface area contributed by atoms with Crippen molar-refractivity contribution in [2.24, 2.45) is 0 Å². The lowest BCUT2D eigenvalue weighted by atomic mass is 10.2. The van der Waals surface area contributed by atoms with Crippen LogP contribution in [0.3, 0.4) is 0 Å². The van der Waals surface area contributed by atoms with Crippen LogP contribution in [0.25, 0.3) is 0 Å². The van der Waals surface area contributed by atoms with Gasteiger partial charge in [-0.25, -0.2) is 4.98 Å². The van der Waals surface area contributed by atoms with Crippen molar-refractivity contribution in [3.05, 3.63) is 35.7 Å². The van der Waals surface area contributed by atoms with Crippen LogP contribution in [0, 0.1) is 6.92 Å². The largest absolute Gasteiger partial charge is 0.368 e. The second kappa shape index (κ2) is 6.15. The van der Waals surface area contributed by atoms with Crippen LogP contribution >= 0.6 is 0 Å². The molecule has 1 aliphatic rings. The fourth-order valence-corrected chi connectivity index (χ4v) is 2.37. The van der Waals surface area contributed by atoms with Crippen LogP contribution < -0.4 is 5.32 Å². The van der Waals surface area contributed by atoms with E-state index in [0.717, 1.165) is 11.5 Å². The zero-order valence-corrected chi connectivity index (χ0v) is 12.6. The molecule has 7 nitrogen and oxygen atoms in total. The van der Waals surface area contributed by atoms with Crippen LogP contribution in [0.5, 0.6) is 0 Å². The lowest BCUT2D eigenvalue weighted by Crippen LogP contribution is -2.41. The first-order valence-electron chi connectivity index (χ1n) is 7.16. The van der Waals surface area contributed by atoms with Gasteiger partial charge in [0.1, 0.15) is 17.7 Å². The SMILES string of the molecule is CC(=O)N1CCO[C@H](c2cccc(Nc3cc(C)on3)n2)C1. The van der Waals surface area contributed by atoms with Crippen molar-refractivity contribution < 1.29 is 14.1 Å². The summed E-state index contributed by atoms with van der Waals surface area (Å²) in [5.41, 5.74) is 0.788. The summed E-state index contributed by atoms with van der Waals surface area (Å²) in [6.07, 6.45) is -0.210. The van der Waals surface area contributed by atoms with E-state index in [1.807, 2.05) is 25.1 Å². The number of hydrogen-bond acceptors (Lipinski definition) is 6. The Morgan fingerprint density at radius 3 is 3.00 bits per heavy atom. The highest BCUT2D eigenvalue weighted by atomic mass is 16.5. The Labute approximate surface area is 128 Å². The van der Waals surface area contributed by atoms with Gasteiger partial charge in [0.2, 0.25) is 5.91 Å². The van der Waals surface area contributed by atoms with E-state index in [-0.39, 0.29) is 12.0 Å². The number of rotatable bonds is 3. The number of hydrogen-bond donors (Lipinski definition) is 1. The summed E-state index contributed by atoms with van der Waals surface area (Å²) >= 11 is 0. The number of carbonyl (C=O) groups excluding carboxylic acids is 1. The van der Waals surface area contributed by atoms with Gasteiger partial charge in [-0.1, -0.05) is 11.2 Å². The molecule has 2 aromatic rings. The second-order valence-corrected chi connectivity index (χ2v) is 5.22. The Morgan fingerprint density at radius 1 is 1.41 bits per heavy atom. The maximum absolute atomic E-state index is 11.5. The van der Waals surface area contributed by atoms with Gasteiger partial charge in [0, 0.05) is 19.5 Å². The molecule has 0 aliphatic carbocycles. The van der Waals surface area contributed by atoms with Gasteiger partial charge in [0.15, 0.2) is 5.82 Å². The van der Waals surface area contributed by atoms with E-state index >= 15 is 0 Å². The molecule has 0 radical (unpaired) electrons. The van der Waals surface area contributed by atoms with E-state index in [2.05, 4.69) is 15.5 Å². The molecule has 3 rings (SSSR count). The molecule has 2 aromatic heterocycles. The predicted octanol–water partition coefficient (Wildman–Crippen LogP) is 2.04. The zero-order valence-electron chi connectivity index (χ0n) is 12.6. The highest BCUT2D eigenvalue weighted by Crippen LogP contribution is 2.23. The van der Waals surface area contributed by atoms with Gasteiger partial charge < -0.3 is 19.5 Å². The first kappa shape index (κ1) is 14.5. The van der Waals surface area contributed by atoms with E-state index in [4.69, 9.17) is 9.26 Å². The third-order valence-corrected chi connectivity index (χ3v) is 3.50. The van der Waals surface area contributed by atoms with E-state index in [0.29, 0.717) is 31.3 Å². The zero-order chi connectivity index (χ0) is 15.5.